The Balaban J connectivity index is 1.67. The molecule has 0 N–H and O–H groups in total. The van der Waals surface area contributed by atoms with Crippen molar-refractivity contribution >= 4 is 5.78 Å². The van der Waals surface area contributed by atoms with E-state index in [4.69, 9.17) is 0 Å². The Morgan fingerprint density at radius 3 is 1.59 bits per heavy atom. The van der Waals surface area contributed by atoms with Crippen LogP contribution < -0.4 is 0 Å². The van der Waals surface area contributed by atoms with Crippen LogP contribution in [-0.2, 0) is 12.8 Å². The molecule has 3 rings (SSSR count). The van der Waals surface area contributed by atoms with Gasteiger partial charge in [0.25, 0.3) is 0 Å². The van der Waals surface area contributed by atoms with Gasteiger partial charge in [-0.1, -0.05) is 84.9 Å². The lowest BCUT2D eigenvalue weighted by Gasteiger charge is -2.05. The maximum atomic E-state index is 12.3. The molecule has 0 aliphatic carbocycles. The van der Waals surface area contributed by atoms with Crippen LogP contribution in [0.25, 0.3) is 0 Å². The Hall–Kier alpha value is -2.67. The van der Waals surface area contributed by atoms with Gasteiger partial charge in [0.15, 0.2) is 5.78 Å². The Morgan fingerprint density at radius 1 is 0.545 bits per heavy atom. The zero-order valence-corrected chi connectivity index (χ0v) is 12.4. The fourth-order valence-electron chi connectivity index (χ4n) is 2.51. The molecule has 1 heteroatoms. The molecule has 0 fully saturated rings. The zero-order chi connectivity index (χ0) is 15.2. The normalized spacial score (nSPS) is 10.4. The molecule has 0 aromatic heterocycles. The van der Waals surface area contributed by atoms with Crippen LogP contribution in [0.4, 0.5) is 0 Å². The lowest BCUT2D eigenvalue weighted by atomic mass is 9.99. The molecule has 0 saturated heterocycles. The molecule has 108 valence electrons. The van der Waals surface area contributed by atoms with E-state index in [2.05, 4.69) is 36.4 Å². The van der Waals surface area contributed by atoms with Crippen LogP contribution in [0.1, 0.15) is 27.0 Å². The smallest absolute Gasteiger partial charge is 0.193 e. The molecule has 1 nitrogen and oxygen atoms in total. The third-order valence-corrected chi connectivity index (χ3v) is 3.80. The highest BCUT2D eigenvalue weighted by Gasteiger charge is 2.07. The molecule has 0 saturated carbocycles. The van der Waals surface area contributed by atoms with E-state index < -0.39 is 0 Å². The number of hydrogen-bond donors (Lipinski definition) is 0. The van der Waals surface area contributed by atoms with Gasteiger partial charge >= 0.3 is 0 Å². The molecule has 0 spiro atoms. The van der Waals surface area contributed by atoms with Gasteiger partial charge in [0, 0.05) is 11.1 Å². The zero-order valence-electron chi connectivity index (χ0n) is 12.4. The molecule has 0 aliphatic rings. The SMILES string of the molecule is O=C(c1ccccc1)c1ccc(CCc2ccccc2)cc1. The van der Waals surface area contributed by atoms with Crippen molar-refractivity contribution in [3.63, 3.8) is 0 Å². The van der Waals surface area contributed by atoms with Crippen molar-refractivity contribution in [2.45, 2.75) is 12.8 Å². The predicted octanol–water partition coefficient (Wildman–Crippen LogP) is 4.70. The summed E-state index contributed by atoms with van der Waals surface area (Å²) in [5.74, 6) is 0.0789. The number of rotatable bonds is 5. The third-order valence-electron chi connectivity index (χ3n) is 3.80. The predicted molar refractivity (Wildman–Crippen MR) is 90.2 cm³/mol. The summed E-state index contributed by atoms with van der Waals surface area (Å²) in [5, 5.41) is 0. The fourth-order valence-corrected chi connectivity index (χ4v) is 2.51. The summed E-state index contributed by atoms with van der Waals surface area (Å²) < 4.78 is 0. The van der Waals surface area contributed by atoms with Crippen LogP contribution in [0, 0.1) is 0 Å². The van der Waals surface area contributed by atoms with E-state index in [0.29, 0.717) is 0 Å². The van der Waals surface area contributed by atoms with Crippen molar-refractivity contribution in [2.24, 2.45) is 0 Å². The third kappa shape index (κ3) is 3.50. The van der Waals surface area contributed by atoms with E-state index in [0.717, 1.165) is 24.0 Å². The molecule has 0 heterocycles. The second kappa shape index (κ2) is 6.86. The first-order chi connectivity index (χ1) is 10.8. The first-order valence-corrected chi connectivity index (χ1v) is 7.55. The maximum Gasteiger partial charge on any atom is 0.193 e. The average molecular weight is 286 g/mol. The van der Waals surface area contributed by atoms with Crippen molar-refractivity contribution in [1.82, 2.24) is 0 Å². The molecule has 0 radical (unpaired) electrons. The van der Waals surface area contributed by atoms with Crippen molar-refractivity contribution < 1.29 is 4.79 Å². The highest BCUT2D eigenvalue weighted by atomic mass is 16.1. The first kappa shape index (κ1) is 14.3. The monoisotopic (exact) mass is 286 g/mol. The standard InChI is InChI=1S/C21H18O/c22-21(19-9-5-2-6-10-19)20-15-13-18(14-16-20)12-11-17-7-3-1-4-8-17/h1-10,13-16H,11-12H2. The van der Waals surface area contributed by atoms with Gasteiger partial charge in [-0.2, -0.15) is 0 Å². The number of hydrogen-bond acceptors (Lipinski definition) is 1. The largest absolute Gasteiger partial charge is 0.289 e. The van der Waals surface area contributed by atoms with Gasteiger partial charge in [-0.05, 0) is 24.0 Å². The number of carbonyl (C=O) groups is 1. The van der Waals surface area contributed by atoms with E-state index in [1.165, 1.54) is 11.1 Å². The van der Waals surface area contributed by atoms with Gasteiger partial charge in [0.2, 0.25) is 0 Å². The molecule has 0 unspecified atom stereocenters. The lowest BCUT2D eigenvalue weighted by molar-refractivity contribution is 0.103. The highest BCUT2D eigenvalue weighted by molar-refractivity contribution is 6.08. The van der Waals surface area contributed by atoms with Gasteiger partial charge in [-0.15, -0.1) is 0 Å². The van der Waals surface area contributed by atoms with E-state index in [1.807, 2.05) is 48.5 Å². The summed E-state index contributed by atoms with van der Waals surface area (Å²) in [7, 11) is 0. The van der Waals surface area contributed by atoms with E-state index >= 15 is 0 Å². The first-order valence-electron chi connectivity index (χ1n) is 7.55. The van der Waals surface area contributed by atoms with E-state index in [-0.39, 0.29) is 5.78 Å². The number of carbonyl (C=O) groups excluding carboxylic acids is 1. The van der Waals surface area contributed by atoms with Crippen LogP contribution >= 0.6 is 0 Å². The van der Waals surface area contributed by atoms with Crippen LogP contribution in [0.3, 0.4) is 0 Å². The van der Waals surface area contributed by atoms with Gasteiger partial charge in [-0.25, -0.2) is 0 Å². The molecular formula is C21H18O. The van der Waals surface area contributed by atoms with Gasteiger partial charge in [-0.3, -0.25) is 4.79 Å². The Labute approximate surface area is 131 Å². The topological polar surface area (TPSA) is 17.1 Å². The van der Waals surface area contributed by atoms with Crippen molar-refractivity contribution in [2.75, 3.05) is 0 Å². The highest BCUT2D eigenvalue weighted by Crippen LogP contribution is 2.13. The number of ketones is 1. The number of aryl methyl sites for hydroxylation is 2. The Kier molecular flexibility index (Phi) is 4.45. The van der Waals surface area contributed by atoms with E-state index in [1.54, 1.807) is 0 Å². The van der Waals surface area contributed by atoms with E-state index in [9.17, 15) is 4.79 Å². The minimum atomic E-state index is 0.0789. The minimum absolute atomic E-state index is 0.0789. The summed E-state index contributed by atoms with van der Waals surface area (Å²) >= 11 is 0. The molecule has 0 amide bonds. The second-order valence-electron chi connectivity index (χ2n) is 5.38. The Bertz CT molecular complexity index is 728. The van der Waals surface area contributed by atoms with Crippen molar-refractivity contribution in [3.05, 3.63) is 107 Å². The van der Waals surface area contributed by atoms with Crippen LogP contribution in [0.15, 0.2) is 84.9 Å². The molecule has 3 aromatic carbocycles. The molecule has 0 atom stereocenters. The van der Waals surface area contributed by atoms with Crippen molar-refractivity contribution in [3.8, 4) is 0 Å². The van der Waals surface area contributed by atoms with Gasteiger partial charge in [0.05, 0.1) is 0 Å². The summed E-state index contributed by atoms with van der Waals surface area (Å²) in [6.45, 7) is 0. The maximum absolute atomic E-state index is 12.3. The van der Waals surface area contributed by atoms with Gasteiger partial charge < -0.3 is 0 Å². The minimum Gasteiger partial charge on any atom is -0.289 e. The molecule has 22 heavy (non-hydrogen) atoms. The van der Waals surface area contributed by atoms with Crippen LogP contribution in [-0.4, -0.2) is 5.78 Å². The second-order valence-corrected chi connectivity index (χ2v) is 5.38. The van der Waals surface area contributed by atoms with Crippen molar-refractivity contribution in [1.29, 1.82) is 0 Å². The fraction of sp³-hybridized carbons (Fsp3) is 0.0952. The molecule has 0 aliphatic heterocycles. The summed E-state index contributed by atoms with van der Waals surface area (Å²) in [6, 6.07) is 27.8. The molecular weight excluding hydrogens is 268 g/mol. The quantitative estimate of drug-likeness (QED) is 0.621. The summed E-state index contributed by atoms with van der Waals surface area (Å²) in [6.07, 6.45) is 2.01. The molecule has 0 bridgehead atoms. The van der Waals surface area contributed by atoms with Crippen LogP contribution in [0.2, 0.25) is 0 Å². The lowest BCUT2D eigenvalue weighted by Crippen LogP contribution is -2.01. The average Bonchev–Trinajstić information content (AvgIpc) is 2.61. The molecule has 3 aromatic rings. The summed E-state index contributed by atoms with van der Waals surface area (Å²) in [4.78, 5) is 12.3. The summed E-state index contributed by atoms with van der Waals surface area (Å²) in [5.41, 5.74) is 4.08. The van der Waals surface area contributed by atoms with Gasteiger partial charge in [0.1, 0.15) is 0 Å². The number of benzene rings is 3. The van der Waals surface area contributed by atoms with Crippen LogP contribution in [0.5, 0.6) is 0 Å². The Morgan fingerprint density at radius 2 is 1.00 bits per heavy atom.